The van der Waals surface area contributed by atoms with Crippen molar-refractivity contribution in [1.29, 1.82) is 0 Å². The quantitative estimate of drug-likeness (QED) is 0.579. The van der Waals surface area contributed by atoms with Gasteiger partial charge in [0.05, 0.1) is 6.10 Å². The summed E-state index contributed by atoms with van der Waals surface area (Å²) in [6.07, 6.45) is 3.81. The predicted molar refractivity (Wildman–Crippen MR) is 64.5 cm³/mol. The van der Waals surface area contributed by atoms with E-state index in [4.69, 9.17) is 4.74 Å². The van der Waals surface area contributed by atoms with Gasteiger partial charge in [-0.05, 0) is 33.7 Å². The van der Waals surface area contributed by atoms with E-state index in [1.807, 2.05) is 6.92 Å². The third-order valence-corrected chi connectivity index (χ3v) is 4.10. The first kappa shape index (κ1) is 12.6. The lowest BCUT2D eigenvalue weighted by Gasteiger charge is -2.34. The van der Waals surface area contributed by atoms with Crippen LogP contribution in [0.1, 0.15) is 33.1 Å². The topological polar surface area (TPSA) is 49.8 Å². The number of nitrogens with zero attached hydrogens (tertiary/aromatic N) is 1. The summed E-state index contributed by atoms with van der Waals surface area (Å²) < 4.78 is 5.54. The summed E-state index contributed by atoms with van der Waals surface area (Å²) in [5, 5.41) is 9.74. The maximum absolute atomic E-state index is 11.7. The Morgan fingerprint density at radius 1 is 1.41 bits per heavy atom. The van der Waals surface area contributed by atoms with Gasteiger partial charge in [-0.15, -0.1) is 0 Å². The number of likely N-dealkylation sites (N-methyl/N-ethyl adjacent to an activating group) is 1. The molecular weight excluding hydrogens is 218 g/mol. The number of esters is 1. The predicted octanol–water partition coefficient (Wildman–Crippen LogP) is 1.09. The van der Waals surface area contributed by atoms with Crippen molar-refractivity contribution in [1.82, 2.24) is 4.90 Å². The SMILES string of the molecule is C/C=C(/C)C(=O)O[C@H]1CC2C[C@H](O)CC1N2C. The Balaban J connectivity index is 2.02. The minimum atomic E-state index is -0.243. The van der Waals surface area contributed by atoms with Gasteiger partial charge in [0, 0.05) is 24.1 Å². The van der Waals surface area contributed by atoms with Crippen LogP contribution >= 0.6 is 0 Å². The van der Waals surface area contributed by atoms with Gasteiger partial charge in [-0.3, -0.25) is 4.90 Å². The number of piperidine rings is 1. The molecule has 0 aliphatic carbocycles. The molecule has 0 aromatic rings. The van der Waals surface area contributed by atoms with Crippen LogP contribution in [0.3, 0.4) is 0 Å². The van der Waals surface area contributed by atoms with Gasteiger partial charge in [-0.1, -0.05) is 6.08 Å². The minimum absolute atomic E-state index is 0.0652. The fourth-order valence-electron chi connectivity index (χ4n) is 2.87. The normalized spacial score (nSPS) is 38.2. The van der Waals surface area contributed by atoms with E-state index < -0.39 is 0 Å². The maximum atomic E-state index is 11.7. The number of hydrogen-bond acceptors (Lipinski definition) is 4. The number of hydrogen-bond donors (Lipinski definition) is 1. The largest absolute Gasteiger partial charge is 0.457 e. The van der Waals surface area contributed by atoms with Crippen molar-refractivity contribution in [2.75, 3.05) is 7.05 Å². The van der Waals surface area contributed by atoms with E-state index in [-0.39, 0.29) is 24.2 Å². The number of carbonyl (C=O) groups is 1. The zero-order valence-corrected chi connectivity index (χ0v) is 10.7. The van der Waals surface area contributed by atoms with Gasteiger partial charge in [-0.25, -0.2) is 4.79 Å². The molecule has 1 N–H and O–H groups in total. The van der Waals surface area contributed by atoms with Crippen molar-refractivity contribution in [3.63, 3.8) is 0 Å². The van der Waals surface area contributed by atoms with Crippen LogP contribution in [0.15, 0.2) is 11.6 Å². The standard InChI is InChI=1S/C13H21NO3/c1-4-8(2)13(16)17-12-6-9-5-10(15)7-11(12)14(9)3/h4,9-12,15H,5-7H2,1-3H3/b8-4-/t9?,10-,11?,12-/m0/s1. The molecule has 96 valence electrons. The summed E-state index contributed by atoms with van der Waals surface area (Å²) in [5.41, 5.74) is 0.648. The first-order chi connectivity index (χ1) is 8.02. The van der Waals surface area contributed by atoms with Crippen molar-refractivity contribution in [3.05, 3.63) is 11.6 Å². The molecule has 0 radical (unpaired) electrons. The van der Waals surface area contributed by atoms with E-state index in [1.165, 1.54) is 0 Å². The van der Waals surface area contributed by atoms with Crippen LogP contribution in [0.25, 0.3) is 0 Å². The molecule has 2 fully saturated rings. The third-order valence-electron chi connectivity index (χ3n) is 4.10. The van der Waals surface area contributed by atoms with Crippen molar-refractivity contribution < 1.29 is 14.6 Å². The Morgan fingerprint density at radius 2 is 2.12 bits per heavy atom. The maximum Gasteiger partial charge on any atom is 0.333 e. The molecule has 0 amide bonds. The Morgan fingerprint density at radius 3 is 2.76 bits per heavy atom. The Labute approximate surface area is 102 Å². The Kier molecular flexibility index (Phi) is 3.54. The number of aliphatic hydroxyl groups excluding tert-OH is 1. The average Bonchev–Trinajstić information content (AvgIpc) is 2.49. The summed E-state index contributed by atoms with van der Waals surface area (Å²) in [6, 6.07) is 0.532. The van der Waals surface area contributed by atoms with Crippen LogP contribution < -0.4 is 0 Å². The smallest absolute Gasteiger partial charge is 0.333 e. The highest BCUT2D eigenvalue weighted by atomic mass is 16.5. The molecule has 0 aromatic heterocycles. The second-order valence-electron chi connectivity index (χ2n) is 5.16. The second kappa shape index (κ2) is 4.78. The zero-order chi connectivity index (χ0) is 12.6. The average molecular weight is 239 g/mol. The lowest BCUT2D eigenvalue weighted by molar-refractivity contribution is -0.145. The number of rotatable bonds is 2. The minimum Gasteiger partial charge on any atom is -0.457 e. The van der Waals surface area contributed by atoms with Crippen LogP contribution in [0.5, 0.6) is 0 Å². The fourth-order valence-corrected chi connectivity index (χ4v) is 2.87. The second-order valence-corrected chi connectivity index (χ2v) is 5.16. The van der Waals surface area contributed by atoms with Crippen molar-refractivity contribution >= 4 is 5.97 Å². The number of fused-ring (bicyclic) bond motifs is 2. The summed E-state index contributed by atoms with van der Waals surface area (Å²) >= 11 is 0. The van der Waals surface area contributed by atoms with E-state index in [0.717, 1.165) is 12.8 Å². The van der Waals surface area contributed by atoms with Crippen LogP contribution in [0, 0.1) is 0 Å². The van der Waals surface area contributed by atoms with E-state index >= 15 is 0 Å². The number of carbonyl (C=O) groups excluding carboxylic acids is 1. The molecule has 2 bridgehead atoms. The van der Waals surface area contributed by atoms with Gasteiger partial charge in [0.1, 0.15) is 6.10 Å². The molecule has 0 saturated carbocycles. The molecule has 2 aliphatic heterocycles. The van der Waals surface area contributed by atoms with Gasteiger partial charge in [0.25, 0.3) is 0 Å². The molecule has 17 heavy (non-hydrogen) atoms. The van der Waals surface area contributed by atoms with Gasteiger partial charge in [-0.2, -0.15) is 0 Å². The molecule has 2 saturated heterocycles. The molecule has 4 atom stereocenters. The fraction of sp³-hybridized carbons (Fsp3) is 0.769. The molecule has 0 spiro atoms. The molecule has 0 aromatic carbocycles. The highest BCUT2D eigenvalue weighted by Gasteiger charge is 2.46. The van der Waals surface area contributed by atoms with E-state index in [1.54, 1.807) is 13.0 Å². The molecule has 4 heteroatoms. The first-order valence-corrected chi connectivity index (χ1v) is 6.26. The van der Waals surface area contributed by atoms with Crippen LogP contribution in [0.2, 0.25) is 0 Å². The van der Waals surface area contributed by atoms with Crippen molar-refractivity contribution in [2.24, 2.45) is 0 Å². The summed E-state index contributed by atoms with van der Waals surface area (Å²) in [7, 11) is 2.05. The highest BCUT2D eigenvalue weighted by Crippen LogP contribution is 2.36. The summed E-state index contributed by atoms with van der Waals surface area (Å²) in [5.74, 6) is -0.229. The van der Waals surface area contributed by atoms with Crippen LogP contribution in [-0.4, -0.2) is 47.3 Å². The lowest BCUT2D eigenvalue weighted by Crippen LogP contribution is -2.44. The lowest BCUT2D eigenvalue weighted by atomic mass is 10.0. The Bertz CT molecular complexity index is 340. The number of allylic oxidation sites excluding steroid dienone is 1. The molecule has 2 aliphatic rings. The van der Waals surface area contributed by atoms with E-state index in [9.17, 15) is 9.90 Å². The molecule has 2 rings (SSSR count). The van der Waals surface area contributed by atoms with Crippen molar-refractivity contribution in [2.45, 2.75) is 57.4 Å². The van der Waals surface area contributed by atoms with E-state index in [2.05, 4.69) is 11.9 Å². The Hall–Kier alpha value is -0.870. The van der Waals surface area contributed by atoms with Crippen LogP contribution in [-0.2, 0) is 9.53 Å². The van der Waals surface area contributed by atoms with Gasteiger partial charge in [0.15, 0.2) is 0 Å². The number of aliphatic hydroxyl groups is 1. The highest BCUT2D eigenvalue weighted by molar-refractivity contribution is 5.87. The molecular formula is C13H21NO3. The molecule has 4 nitrogen and oxygen atoms in total. The van der Waals surface area contributed by atoms with Gasteiger partial charge in [0.2, 0.25) is 0 Å². The first-order valence-electron chi connectivity index (χ1n) is 6.26. The van der Waals surface area contributed by atoms with Crippen molar-refractivity contribution in [3.8, 4) is 0 Å². The van der Waals surface area contributed by atoms with Gasteiger partial charge >= 0.3 is 5.97 Å². The molecule has 2 unspecified atom stereocenters. The van der Waals surface area contributed by atoms with Crippen LogP contribution in [0.4, 0.5) is 0 Å². The molecule has 2 heterocycles. The van der Waals surface area contributed by atoms with E-state index in [0.29, 0.717) is 18.0 Å². The van der Waals surface area contributed by atoms with Gasteiger partial charge < -0.3 is 9.84 Å². The third kappa shape index (κ3) is 2.38. The monoisotopic (exact) mass is 239 g/mol. The zero-order valence-electron chi connectivity index (χ0n) is 10.7. The number of ether oxygens (including phenoxy) is 1. The summed E-state index contributed by atoms with van der Waals surface area (Å²) in [4.78, 5) is 14.0. The summed E-state index contributed by atoms with van der Waals surface area (Å²) in [6.45, 7) is 3.60.